The molecule has 1 heterocycles. The number of hydrogen-bond acceptors (Lipinski definition) is 3. The summed E-state index contributed by atoms with van der Waals surface area (Å²) in [6.45, 7) is 6.42. The molecule has 17 heavy (non-hydrogen) atoms. The molecule has 0 aromatic carbocycles. The van der Waals surface area contributed by atoms with Crippen LogP contribution in [0.5, 0.6) is 0 Å². The van der Waals surface area contributed by atoms with E-state index in [9.17, 15) is 4.79 Å². The SMILES string of the molecule is CCCNCCNC(=O)c1scc(C)c1Cl.Cl. The summed E-state index contributed by atoms with van der Waals surface area (Å²) >= 11 is 7.39. The Balaban J connectivity index is 0.00000256. The Hall–Kier alpha value is -0.290. The molecular formula is C11H18Cl2N2OS. The molecule has 0 aliphatic carbocycles. The van der Waals surface area contributed by atoms with Crippen LogP contribution in [-0.4, -0.2) is 25.5 Å². The summed E-state index contributed by atoms with van der Waals surface area (Å²) in [5.41, 5.74) is 0.959. The van der Waals surface area contributed by atoms with Crippen LogP contribution in [0, 0.1) is 6.92 Å². The molecule has 0 spiro atoms. The Labute approximate surface area is 117 Å². The van der Waals surface area contributed by atoms with Crippen LogP contribution in [-0.2, 0) is 0 Å². The fourth-order valence-electron chi connectivity index (χ4n) is 1.23. The summed E-state index contributed by atoms with van der Waals surface area (Å²) in [7, 11) is 0. The molecule has 6 heteroatoms. The molecule has 98 valence electrons. The topological polar surface area (TPSA) is 41.1 Å². The van der Waals surface area contributed by atoms with E-state index in [-0.39, 0.29) is 18.3 Å². The van der Waals surface area contributed by atoms with E-state index in [1.807, 2.05) is 12.3 Å². The average molecular weight is 297 g/mol. The van der Waals surface area contributed by atoms with Crippen molar-refractivity contribution in [1.29, 1.82) is 0 Å². The Kier molecular flexibility index (Phi) is 8.60. The molecule has 2 N–H and O–H groups in total. The molecule has 0 saturated carbocycles. The summed E-state index contributed by atoms with van der Waals surface area (Å²) in [4.78, 5) is 12.3. The highest BCUT2D eigenvalue weighted by Gasteiger charge is 2.13. The number of nitrogens with one attached hydrogen (secondary N) is 2. The van der Waals surface area contributed by atoms with Gasteiger partial charge in [0.1, 0.15) is 4.88 Å². The predicted molar refractivity (Wildman–Crippen MR) is 76.8 cm³/mol. The van der Waals surface area contributed by atoms with Crippen LogP contribution in [0.3, 0.4) is 0 Å². The fraction of sp³-hybridized carbons (Fsp3) is 0.545. The third kappa shape index (κ3) is 5.25. The van der Waals surface area contributed by atoms with Gasteiger partial charge in [0, 0.05) is 13.1 Å². The van der Waals surface area contributed by atoms with E-state index in [1.165, 1.54) is 11.3 Å². The van der Waals surface area contributed by atoms with Crippen LogP contribution in [0.1, 0.15) is 28.6 Å². The lowest BCUT2D eigenvalue weighted by atomic mass is 10.3. The number of rotatable bonds is 6. The molecule has 0 saturated heterocycles. The van der Waals surface area contributed by atoms with Crippen molar-refractivity contribution in [3.8, 4) is 0 Å². The number of halogens is 2. The number of carbonyl (C=O) groups is 1. The van der Waals surface area contributed by atoms with Crippen molar-refractivity contribution in [3.63, 3.8) is 0 Å². The third-order valence-corrected chi connectivity index (χ3v) is 3.82. The van der Waals surface area contributed by atoms with Gasteiger partial charge >= 0.3 is 0 Å². The van der Waals surface area contributed by atoms with E-state index in [0.717, 1.165) is 25.1 Å². The van der Waals surface area contributed by atoms with Gasteiger partial charge in [-0.2, -0.15) is 0 Å². The van der Waals surface area contributed by atoms with Crippen molar-refractivity contribution in [2.75, 3.05) is 19.6 Å². The van der Waals surface area contributed by atoms with Crippen molar-refractivity contribution in [2.45, 2.75) is 20.3 Å². The molecular weight excluding hydrogens is 279 g/mol. The van der Waals surface area contributed by atoms with Crippen LogP contribution in [0.25, 0.3) is 0 Å². The van der Waals surface area contributed by atoms with E-state index >= 15 is 0 Å². The molecule has 1 aromatic heterocycles. The van der Waals surface area contributed by atoms with Crippen LogP contribution in [0.15, 0.2) is 5.38 Å². The predicted octanol–water partition coefficient (Wildman–Crippen LogP) is 2.86. The van der Waals surface area contributed by atoms with Gasteiger partial charge in [0.2, 0.25) is 0 Å². The minimum absolute atomic E-state index is 0. The van der Waals surface area contributed by atoms with Crippen LogP contribution >= 0.6 is 35.3 Å². The van der Waals surface area contributed by atoms with E-state index in [0.29, 0.717) is 16.4 Å². The lowest BCUT2D eigenvalue weighted by molar-refractivity contribution is 0.0958. The van der Waals surface area contributed by atoms with Gasteiger partial charge < -0.3 is 10.6 Å². The minimum atomic E-state index is -0.0820. The van der Waals surface area contributed by atoms with Crippen LogP contribution in [0.4, 0.5) is 0 Å². The second-order valence-corrected chi connectivity index (χ2v) is 4.83. The first-order valence-electron chi connectivity index (χ1n) is 5.39. The van der Waals surface area contributed by atoms with E-state index in [4.69, 9.17) is 11.6 Å². The van der Waals surface area contributed by atoms with Gasteiger partial charge in [0.25, 0.3) is 5.91 Å². The maximum absolute atomic E-state index is 11.7. The van der Waals surface area contributed by atoms with Gasteiger partial charge in [0.05, 0.1) is 5.02 Å². The summed E-state index contributed by atoms with van der Waals surface area (Å²) in [6.07, 6.45) is 1.10. The first-order chi connectivity index (χ1) is 7.66. The highest BCUT2D eigenvalue weighted by molar-refractivity contribution is 7.13. The summed E-state index contributed by atoms with van der Waals surface area (Å²) < 4.78 is 0. The Morgan fingerprint density at radius 1 is 1.41 bits per heavy atom. The molecule has 0 unspecified atom stereocenters. The first kappa shape index (κ1) is 16.7. The smallest absolute Gasteiger partial charge is 0.262 e. The summed E-state index contributed by atoms with van der Waals surface area (Å²) in [6, 6.07) is 0. The van der Waals surface area contributed by atoms with Crippen LogP contribution in [0.2, 0.25) is 5.02 Å². The number of thiophene rings is 1. The normalized spacial score (nSPS) is 9.82. The second-order valence-electron chi connectivity index (χ2n) is 3.57. The van der Waals surface area contributed by atoms with E-state index in [2.05, 4.69) is 17.6 Å². The summed E-state index contributed by atoms with van der Waals surface area (Å²) in [5.74, 6) is -0.0820. The number of hydrogen-bond donors (Lipinski definition) is 2. The van der Waals surface area contributed by atoms with Gasteiger partial charge in [0.15, 0.2) is 0 Å². The van der Waals surface area contributed by atoms with Gasteiger partial charge in [-0.05, 0) is 30.8 Å². The quantitative estimate of drug-likeness (QED) is 0.793. The third-order valence-electron chi connectivity index (χ3n) is 2.12. The van der Waals surface area contributed by atoms with Gasteiger partial charge in [-0.15, -0.1) is 23.7 Å². The zero-order valence-corrected chi connectivity index (χ0v) is 12.4. The molecule has 0 fully saturated rings. The maximum Gasteiger partial charge on any atom is 0.262 e. The monoisotopic (exact) mass is 296 g/mol. The lowest BCUT2D eigenvalue weighted by Gasteiger charge is -2.05. The summed E-state index contributed by atoms with van der Waals surface area (Å²) in [5, 5.41) is 8.52. The zero-order chi connectivity index (χ0) is 12.0. The molecule has 0 aliphatic rings. The first-order valence-corrected chi connectivity index (χ1v) is 6.65. The highest BCUT2D eigenvalue weighted by atomic mass is 35.5. The fourth-order valence-corrected chi connectivity index (χ4v) is 2.42. The highest BCUT2D eigenvalue weighted by Crippen LogP contribution is 2.26. The molecule has 0 radical (unpaired) electrons. The molecule has 1 rings (SSSR count). The molecule has 3 nitrogen and oxygen atoms in total. The standard InChI is InChI=1S/C11H17ClN2OS.ClH/c1-3-4-13-5-6-14-11(15)10-9(12)8(2)7-16-10;/h7,13H,3-6H2,1-2H3,(H,14,15);1H. The van der Waals surface area contributed by atoms with E-state index < -0.39 is 0 Å². The largest absolute Gasteiger partial charge is 0.350 e. The number of amides is 1. The van der Waals surface area contributed by atoms with Gasteiger partial charge in [-0.25, -0.2) is 0 Å². The Morgan fingerprint density at radius 2 is 2.12 bits per heavy atom. The Bertz CT molecular complexity index is 355. The molecule has 0 aliphatic heterocycles. The van der Waals surface area contributed by atoms with Crippen molar-refractivity contribution in [3.05, 3.63) is 20.8 Å². The maximum atomic E-state index is 11.7. The van der Waals surface area contributed by atoms with Gasteiger partial charge in [-0.3, -0.25) is 4.79 Å². The lowest BCUT2D eigenvalue weighted by Crippen LogP contribution is -2.31. The van der Waals surface area contributed by atoms with Crippen molar-refractivity contribution >= 4 is 41.3 Å². The molecule has 0 atom stereocenters. The number of carbonyl (C=O) groups excluding carboxylic acids is 1. The molecule has 1 amide bonds. The van der Waals surface area contributed by atoms with Crippen molar-refractivity contribution in [2.24, 2.45) is 0 Å². The van der Waals surface area contributed by atoms with Crippen molar-refractivity contribution < 1.29 is 4.79 Å². The zero-order valence-electron chi connectivity index (χ0n) is 10.0. The molecule has 0 bridgehead atoms. The van der Waals surface area contributed by atoms with Crippen LogP contribution < -0.4 is 10.6 Å². The van der Waals surface area contributed by atoms with Crippen molar-refractivity contribution in [1.82, 2.24) is 10.6 Å². The number of aryl methyl sites for hydroxylation is 1. The minimum Gasteiger partial charge on any atom is -0.350 e. The van der Waals surface area contributed by atoms with E-state index in [1.54, 1.807) is 0 Å². The van der Waals surface area contributed by atoms with Gasteiger partial charge in [-0.1, -0.05) is 18.5 Å². The molecule has 1 aromatic rings. The average Bonchev–Trinajstić information content (AvgIpc) is 2.59. The second kappa shape index (κ2) is 8.75. The Morgan fingerprint density at radius 3 is 2.65 bits per heavy atom.